The van der Waals surface area contributed by atoms with E-state index in [1.54, 1.807) is 24.3 Å². The first-order chi connectivity index (χ1) is 15.0. The lowest BCUT2D eigenvalue weighted by Gasteiger charge is -2.14. The normalized spacial score (nSPS) is 10.5. The monoisotopic (exact) mass is 427 g/mol. The highest BCUT2D eigenvalue weighted by molar-refractivity contribution is 5.95. The topological polar surface area (TPSA) is 91.7 Å². The summed E-state index contributed by atoms with van der Waals surface area (Å²) in [6.45, 7) is 0.429. The first-order valence-electron chi connectivity index (χ1n) is 9.37. The summed E-state index contributed by atoms with van der Waals surface area (Å²) in [7, 11) is 4.41. The fourth-order valence-corrected chi connectivity index (χ4v) is 2.98. The average molecular weight is 427 g/mol. The number of carbonyl (C=O) groups excluding carboxylic acids is 1. The summed E-state index contributed by atoms with van der Waals surface area (Å²) in [5, 5.41) is 2.75. The van der Waals surface area contributed by atoms with Crippen LogP contribution >= 0.6 is 0 Å². The summed E-state index contributed by atoms with van der Waals surface area (Å²) in [5.41, 5.74) is 1.13. The van der Waals surface area contributed by atoms with E-state index in [-0.39, 0.29) is 30.4 Å². The van der Waals surface area contributed by atoms with Crippen LogP contribution in [0.15, 0.2) is 53.6 Å². The molecule has 31 heavy (non-hydrogen) atoms. The third kappa shape index (κ3) is 5.00. The maximum absolute atomic E-state index is 13.1. The number of amides is 1. The summed E-state index contributed by atoms with van der Waals surface area (Å²) in [6, 6.07) is 10.2. The van der Waals surface area contributed by atoms with E-state index in [0.29, 0.717) is 34.1 Å². The fourth-order valence-electron chi connectivity index (χ4n) is 2.98. The molecule has 0 fully saturated rings. The van der Waals surface area contributed by atoms with E-state index in [1.165, 1.54) is 50.4 Å². The Bertz CT molecular complexity index is 1100. The zero-order valence-corrected chi connectivity index (χ0v) is 17.3. The molecule has 3 aromatic rings. The van der Waals surface area contributed by atoms with E-state index in [0.717, 1.165) is 0 Å². The van der Waals surface area contributed by atoms with E-state index in [4.69, 9.17) is 14.2 Å². The van der Waals surface area contributed by atoms with Gasteiger partial charge in [-0.3, -0.25) is 14.2 Å². The van der Waals surface area contributed by atoms with Gasteiger partial charge in [0.2, 0.25) is 5.75 Å². The van der Waals surface area contributed by atoms with Gasteiger partial charge in [-0.25, -0.2) is 9.37 Å². The molecule has 1 heterocycles. The molecule has 0 aliphatic heterocycles. The van der Waals surface area contributed by atoms with Crippen LogP contribution in [-0.4, -0.2) is 43.3 Å². The van der Waals surface area contributed by atoms with Crippen LogP contribution in [0.3, 0.4) is 0 Å². The third-order valence-corrected chi connectivity index (χ3v) is 4.58. The molecule has 9 heteroatoms. The maximum Gasteiger partial charge on any atom is 0.253 e. The number of nitrogens with one attached hydrogen (secondary N) is 1. The van der Waals surface area contributed by atoms with Gasteiger partial charge in [-0.15, -0.1) is 0 Å². The zero-order valence-electron chi connectivity index (χ0n) is 17.3. The Morgan fingerprint density at radius 1 is 1.03 bits per heavy atom. The van der Waals surface area contributed by atoms with Crippen molar-refractivity contribution in [3.8, 4) is 28.5 Å². The Kier molecular flexibility index (Phi) is 6.86. The Labute approximate surface area is 178 Å². The van der Waals surface area contributed by atoms with Crippen molar-refractivity contribution in [1.29, 1.82) is 0 Å². The lowest BCUT2D eigenvalue weighted by atomic mass is 10.1. The Balaban J connectivity index is 1.67. The summed E-state index contributed by atoms with van der Waals surface area (Å²) in [4.78, 5) is 29.1. The molecule has 0 bridgehead atoms. The number of rotatable bonds is 8. The molecule has 1 N–H and O–H groups in total. The molecular weight excluding hydrogens is 405 g/mol. The summed E-state index contributed by atoms with van der Waals surface area (Å²) < 4.78 is 30.2. The second-order valence-electron chi connectivity index (χ2n) is 6.48. The molecule has 3 rings (SSSR count). The van der Waals surface area contributed by atoms with Crippen molar-refractivity contribution in [3.63, 3.8) is 0 Å². The van der Waals surface area contributed by atoms with Gasteiger partial charge in [0.15, 0.2) is 11.5 Å². The average Bonchev–Trinajstić information content (AvgIpc) is 2.79. The summed E-state index contributed by atoms with van der Waals surface area (Å²) in [5.74, 6) is 0.399. The third-order valence-electron chi connectivity index (χ3n) is 4.58. The highest BCUT2D eigenvalue weighted by Gasteiger charge is 2.16. The van der Waals surface area contributed by atoms with Crippen LogP contribution in [0.25, 0.3) is 11.3 Å². The molecule has 0 aliphatic carbocycles. The number of hydrogen-bond donors (Lipinski definition) is 1. The molecule has 0 saturated heterocycles. The fraction of sp³-hybridized carbons (Fsp3) is 0.227. The number of carbonyl (C=O) groups is 1. The van der Waals surface area contributed by atoms with Gasteiger partial charge >= 0.3 is 0 Å². The van der Waals surface area contributed by atoms with Crippen LogP contribution in [0, 0.1) is 5.82 Å². The van der Waals surface area contributed by atoms with Crippen LogP contribution in [0.4, 0.5) is 4.39 Å². The largest absolute Gasteiger partial charge is 0.493 e. The second-order valence-corrected chi connectivity index (χ2v) is 6.48. The van der Waals surface area contributed by atoms with Gasteiger partial charge in [-0.05, 0) is 36.4 Å². The molecule has 1 amide bonds. The lowest BCUT2D eigenvalue weighted by molar-refractivity contribution is 0.0951. The minimum Gasteiger partial charge on any atom is -0.493 e. The van der Waals surface area contributed by atoms with Crippen LogP contribution in [0.1, 0.15) is 10.4 Å². The number of halogens is 1. The Morgan fingerprint density at radius 3 is 2.23 bits per heavy atom. The minimum atomic E-state index is -0.361. The van der Waals surface area contributed by atoms with E-state index < -0.39 is 0 Å². The van der Waals surface area contributed by atoms with E-state index >= 15 is 0 Å². The Morgan fingerprint density at radius 2 is 1.68 bits per heavy atom. The number of ether oxygens (including phenoxy) is 3. The van der Waals surface area contributed by atoms with Crippen molar-refractivity contribution in [1.82, 2.24) is 14.9 Å². The molecule has 8 nitrogen and oxygen atoms in total. The van der Waals surface area contributed by atoms with Crippen LogP contribution < -0.4 is 25.1 Å². The SMILES string of the molecule is COc1cc(C(=O)NCCn2cnc(-c3ccc(F)cc3)cc2=O)cc(OC)c1OC. The second kappa shape index (κ2) is 9.75. The van der Waals surface area contributed by atoms with Crippen molar-refractivity contribution in [3.05, 3.63) is 70.5 Å². The standard InChI is InChI=1S/C22H22FN3O5/c1-29-18-10-15(11-19(30-2)21(18)31-3)22(28)24-8-9-26-13-25-17(12-20(26)27)14-4-6-16(23)7-5-14/h4-7,10-13H,8-9H2,1-3H3,(H,24,28). The molecular formula is C22H22FN3O5. The van der Waals surface area contributed by atoms with Crippen LogP contribution in [0.5, 0.6) is 17.2 Å². The van der Waals surface area contributed by atoms with Crippen molar-refractivity contribution in [2.45, 2.75) is 6.54 Å². The smallest absolute Gasteiger partial charge is 0.253 e. The lowest BCUT2D eigenvalue weighted by Crippen LogP contribution is -2.30. The van der Waals surface area contributed by atoms with Crippen LogP contribution in [0.2, 0.25) is 0 Å². The van der Waals surface area contributed by atoms with Gasteiger partial charge in [0.1, 0.15) is 5.82 Å². The highest BCUT2D eigenvalue weighted by atomic mass is 19.1. The quantitative estimate of drug-likeness (QED) is 0.594. The van der Waals surface area contributed by atoms with Crippen molar-refractivity contribution in [2.75, 3.05) is 27.9 Å². The number of benzene rings is 2. The number of aromatic nitrogens is 2. The van der Waals surface area contributed by atoms with E-state index in [9.17, 15) is 14.0 Å². The Hall–Kier alpha value is -3.88. The van der Waals surface area contributed by atoms with E-state index in [1.807, 2.05) is 0 Å². The predicted molar refractivity (Wildman–Crippen MR) is 112 cm³/mol. The van der Waals surface area contributed by atoms with Gasteiger partial charge in [-0.1, -0.05) is 0 Å². The van der Waals surface area contributed by atoms with Gasteiger partial charge < -0.3 is 19.5 Å². The molecule has 0 saturated carbocycles. The van der Waals surface area contributed by atoms with Crippen molar-refractivity contribution >= 4 is 5.91 Å². The molecule has 0 unspecified atom stereocenters. The van der Waals surface area contributed by atoms with Gasteiger partial charge in [-0.2, -0.15) is 0 Å². The first kappa shape index (κ1) is 21.8. The number of methoxy groups -OCH3 is 3. The van der Waals surface area contributed by atoms with Gasteiger partial charge in [0.05, 0.1) is 33.4 Å². The molecule has 0 atom stereocenters. The molecule has 162 valence electrons. The molecule has 2 aromatic carbocycles. The molecule has 1 aromatic heterocycles. The van der Waals surface area contributed by atoms with Crippen LogP contribution in [-0.2, 0) is 6.54 Å². The predicted octanol–water partition coefficient (Wildman–Crippen LogP) is 2.51. The maximum atomic E-state index is 13.1. The summed E-state index contributed by atoms with van der Waals surface area (Å²) >= 11 is 0. The van der Waals surface area contributed by atoms with E-state index in [2.05, 4.69) is 10.3 Å². The zero-order chi connectivity index (χ0) is 22.4. The number of hydrogen-bond acceptors (Lipinski definition) is 6. The van der Waals surface area contributed by atoms with Gasteiger partial charge in [0.25, 0.3) is 11.5 Å². The minimum absolute atomic E-state index is 0.201. The van der Waals surface area contributed by atoms with Crippen molar-refractivity contribution < 1.29 is 23.4 Å². The number of nitrogens with zero attached hydrogens (tertiary/aromatic N) is 2. The highest BCUT2D eigenvalue weighted by Crippen LogP contribution is 2.38. The molecule has 0 spiro atoms. The van der Waals surface area contributed by atoms with Gasteiger partial charge in [0, 0.05) is 30.3 Å². The molecule has 0 radical (unpaired) electrons. The first-order valence-corrected chi connectivity index (χ1v) is 9.37. The summed E-state index contributed by atoms with van der Waals surface area (Å²) in [6.07, 6.45) is 1.40. The van der Waals surface area contributed by atoms with Crippen molar-refractivity contribution in [2.24, 2.45) is 0 Å². The molecule has 0 aliphatic rings.